The van der Waals surface area contributed by atoms with Crippen molar-refractivity contribution < 1.29 is 0 Å². The summed E-state index contributed by atoms with van der Waals surface area (Å²) >= 11 is 1.73. The SMILES string of the molecule is Cc1ccccc1-c1c[c]cs1. The van der Waals surface area contributed by atoms with Gasteiger partial charge < -0.3 is 0 Å². The van der Waals surface area contributed by atoms with E-state index >= 15 is 0 Å². The second-order valence-electron chi connectivity index (χ2n) is 2.73. The van der Waals surface area contributed by atoms with Gasteiger partial charge in [0.25, 0.3) is 0 Å². The highest BCUT2D eigenvalue weighted by atomic mass is 32.1. The first kappa shape index (κ1) is 7.56. The Morgan fingerprint density at radius 2 is 2.08 bits per heavy atom. The van der Waals surface area contributed by atoms with Crippen LogP contribution >= 0.6 is 11.3 Å². The van der Waals surface area contributed by atoms with E-state index < -0.39 is 0 Å². The summed E-state index contributed by atoms with van der Waals surface area (Å²) in [6, 6.07) is 13.5. The molecule has 1 aromatic heterocycles. The Balaban J connectivity index is 2.55. The number of rotatable bonds is 1. The smallest absolute Gasteiger partial charge is 0.0351 e. The number of hydrogen-bond donors (Lipinski definition) is 0. The molecule has 59 valence electrons. The second-order valence-corrected chi connectivity index (χ2v) is 3.64. The highest BCUT2D eigenvalue weighted by Gasteiger charge is 1.99. The molecule has 12 heavy (non-hydrogen) atoms. The molecule has 2 aromatic rings. The molecule has 0 nitrogen and oxygen atoms in total. The van der Waals surface area contributed by atoms with Crippen molar-refractivity contribution in [3.8, 4) is 10.4 Å². The van der Waals surface area contributed by atoms with Crippen molar-refractivity contribution in [2.75, 3.05) is 0 Å². The topological polar surface area (TPSA) is 0 Å². The van der Waals surface area contributed by atoms with E-state index in [1.165, 1.54) is 16.0 Å². The lowest BCUT2D eigenvalue weighted by Crippen LogP contribution is -1.76. The molecule has 1 aromatic carbocycles. The van der Waals surface area contributed by atoms with Gasteiger partial charge in [-0.25, -0.2) is 0 Å². The zero-order chi connectivity index (χ0) is 8.39. The van der Waals surface area contributed by atoms with Crippen LogP contribution in [-0.2, 0) is 0 Å². The molecule has 2 rings (SSSR count). The second kappa shape index (κ2) is 3.11. The first-order valence-corrected chi connectivity index (χ1v) is 4.76. The Labute approximate surface area is 76.5 Å². The maximum atomic E-state index is 3.07. The van der Waals surface area contributed by atoms with Gasteiger partial charge in [0.1, 0.15) is 0 Å². The van der Waals surface area contributed by atoms with Crippen LogP contribution in [0.25, 0.3) is 10.4 Å². The van der Waals surface area contributed by atoms with E-state index in [9.17, 15) is 0 Å². The van der Waals surface area contributed by atoms with Crippen molar-refractivity contribution >= 4 is 11.3 Å². The molecule has 0 spiro atoms. The molecule has 0 saturated heterocycles. The number of thiophene rings is 1. The summed E-state index contributed by atoms with van der Waals surface area (Å²) in [5, 5.41) is 1.99. The molecule has 0 N–H and O–H groups in total. The van der Waals surface area contributed by atoms with Crippen LogP contribution in [0, 0.1) is 13.0 Å². The molecule has 1 radical (unpaired) electrons. The number of benzene rings is 1. The molecule has 0 aliphatic heterocycles. The van der Waals surface area contributed by atoms with Crippen LogP contribution in [0.5, 0.6) is 0 Å². The summed E-state index contributed by atoms with van der Waals surface area (Å²) in [5.74, 6) is 0. The lowest BCUT2D eigenvalue weighted by Gasteiger charge is -2.00. The Morgan fingerprint density at radius 1 is 1.25 bits per heavy atom. The average Bonchev–Trinajstić information content (AvgIpc) is 2.57. The quantitative estimate of drug-likeness (QED) is 0.619. The fourth-order valence-electron chi connectivity index (χ4n) is 1.23. The maximum Gasteiger partial charge on any atom is 0.0351 e. The van der Waals surface area contributed by atoms with Gasteiger partial charge in [-0.2, -0.15) is 0 Å². The van der Waals surface area contributed by atoms with E-state index in [2.05, 4.69) is 37.3 Å². The Hall–Kier alpha value is -1.08. The van der Waals surface area contributed by atoms with Crippen LogP contribution in [0.2, 0.25) is 0 Å². The van der Waals surface area contributed by atoms with Gasteiger partial charge in [0, 0.05) is 4.88 Å². The molecular formula is C11H9S. The van der Waals surface area contributed by atoms with E-state index in [4.69, 9.17) is 0 Å². The minimum absolute atomic E-state index is 1.30. The van der Waals surface area contributed by atoms with E-state index in [-0.39, 0.29) is 0 Å². The molecule has 0 atom stereocenters. The predicted octanol–water partition coefficient (Wildman–Crippen LogP) is 3.52. The third-order valence-electron chi connectivity index (χ3n) is 1.88. The van der Waals surface area contributed by atoms with E-state index in [1.54, 1.807) is 11.3 Å². The van der Waals surface area contributed by atoms with Crippen LogP contribution in [0.1, 0.15) is 5.56 Å². The molecule has 0 bridgehead atoms. The largest absolute Gasteiger partial charge is 0.143 e. The summed E-state index contributed by atoms with van der Waals surface area (Å²) in [7, 11) is 0. The molecule has 0 amide bonds. The van der Waals surface area contributed by atoms with Gasteiger partial charge in [-0.15, -0.1) is 11.3 Å². The molecule has 0 unspecified atom stereocenters. The van der Waals surface area contributed by atoms with Crippen molar-refractivity contribution in [2.45, 2.75) is 6.92 Å². The summed E-state index contributed by atoms with van der Waals surface area (Å²) < 4.78 is 0. The van der Waals surface area contributed by atoms with Crippen LogP contribution in [-0.4, -0.2) is 0 Å². The van der Waals surface area contributed by atoms with Crippen LogP contribution in [0.3, 0.4) is 0 Å². The first-order valence-electron chi connectivity index (χ1n) is 3.88. The molecule has 0 fully saturated rings. The number of aryl methyl sites for hydroxylation is 1. The standard InChI is InChI=1S/C11H9S/c1-9-5-2-3-6-10(9)11-7-4-8-12-11/h2-3,5-8H,1H3. The summed E-state index contributed by atoms with van der Waals surface area (Å²) in [5.41, 5.74) is 2.65. The highest BCUT2D eigenvalue weighted by Crippen LogP contribution is 2.26. The van der Waals surface area contributed by atoms with Crippen LogP contribution in [0.15, 0.2) is 35.7 Å². The monoisotopic (exact) mass is 173 g/mol. The zero-order valence-electron chi connectivity index (χ0n) is 6.87. The van der Waals surface area contributed by atoms with E-state index in [0.29, 0.717) is 0 Å². The van der Waals surface area contributed by atoms with Gasteiger partial charge in [0.15, 0.2) is 0 Å². The third kappa shape index (κ3) is 1.28. The summed E-state index contributed by atoms with van der Waals surface area (Å²) in [4.78, 5) is 1.30. The van der Waals surface area contributed by atoms with Gasteiger partial charge in [-0.1, -0.05) is 24.3 Å². The van der Waals surface area contributed by atoms with Crippen molar-refractivity contribution in [3.05, 3.63) is 47.3 Å². The van der Waals surface area contributed by atoms with Crippen LogP contribution < -0.4 is 0 Å². The fraction of sp³-hybridized carbons (Fsp3) is 0.0909. The first-order chi connectivity index (χ1) is 5.88. The third-order valence-corrected chi connectivity index (χ3v) is 2.72. The predicted molar refractivity (Wildman–Crippen MR) is 53.3 cm³/mol. The van der Waals surface area contributed by atoms with Gasteiger partial charge >= 0.3 is 0 Å². The minimum Gasteiger partial charge on any atom is -0.143 e. The summed E-state index contributed by atoms with van der Waals surface area (Å²) in [6.45, 7) is 2.13. The lowest BCUT2D eigenvalue weighted by atomic mass is 10.1. The van der Waals surface area contributed by atoms with Crippen LogP contribution in [0.4, 0.5) is 0 Å². The van der Waals surface area contributed by atoms with Crippen molar-refractivity contribution in [1.82, 2.24) is 0 Å². The molecule has 0 saturated carbocycles. The Bertz CT molecular complexity index is 360. The molecule has 1 heteroatoms. The summed E-state index contributed by atoms with van der Waals surface area (Å²) in [6.07, 6.45) is 0. The van der Waals surface area contributed by atoms with Crippen molar-refractivity contribution in [2.24, 2.45) is 0 Å². The van der Waals surface area contributed by atoms with E-state index in [1.807, 2.05) is 11.4 Å². The molecular weight excluding hydrogens is 164 g/mol. The maximum absolute atomic E-state index is 3.07. The normalized spacial score (nSPS) is 10.1. The molecule has 0 aliphatic rings. The average molecular weight is 173 g/mol. The Morgan fingerprint density at radius 3 is 2.75 bits per heavy atom. The van der Waals surface area contributed by atoms with Crippen molar-refractivity contribution in [3.63, 3.8) is 0 Å². The Kier molecular flexibility index (Phi) is 1.96. The van der Waals surface area contributed by atoms with Gasteiger partial charge in [0.05, 0.1) is 0 Å². The highest BCUT2D eigenvalue weighted by molar-refractivity contribution is 7.13. The minimum atomic E-state index is 1.30. The lowest BCUT2D eigenvalue weighted by molar-refractivity contribution is 1.48. The van der Waals surface area contributed by atoms with Crippen molar-refractivity contribution in [1.29, 1.82) is 0 Å². The fourth-order valence-corrected chi connectivity index (χ4v) is 1.99. The number of hydrogen-bond acceptors (Lipinski definition) is 1. The van der Waals surface area contributed by atoms with Gasteiger partial charge in [-0.3, -0.25) is 0 Å². The van der Waals surface area contributed by atoms with Gasteiger partial charge in [0.2, 0.25) is 0 Å². The van der Waals surface area contributed by atoms with Gasteiger partial charge in [-0.05, 0) is 35.6 Å². The molecule has 0 aliphatic carbocycles. The van der Waals surface area contributed by atoms with E-state index in [0.717, 1.165) is 0 Å². The zero-order valence-corrected chi connectivity index (χ0v) is 7.69. The molecule has 1 heterocycles.